The Bertz CT molecular complexity index is 266. The van der Waals surface area contributed by atoms with Gasteiger partial charge in [-0.3, -0.25) is 0 Å². The number of allylic oxidation sites excluding steroid dienone is 1. The molecule has 0 aromatic heterocycles. The summed E-state index contributed by atoms with van der Waals surface area (Å²) in [7, 11) is 0. The van der Waals surface area contributed by atoms with Gasteiger partial charge in [0.1, 0.15) is 0 Å². The van der Waals surface area contributed by atoms with Gasteiger partial charge in [0, 0.05) is 12.5 Å². The van der Waals surface area contributed by atoms with Crippen LogP contribution in [-0.4, -0.2) is 11.7 Å². The highest BCUT2D eigenvalue weighted by atomic mass is 16.3. The Morgan fingerprint density at radius 3 is 2.00 bits per heavy atom. The molecule has 0 spiro atoms. The fraction of sp³-hybridized carbons (Fsp3) is 0.846. The van der Waals surface area contributed by atoms with E-state index in [-0.39, 0.29) is 0 Å². The molecule has 0 heterocycles. The second-order valence-corrected chi connectivity index (χ2v) is 6.25. The fourth-order valence-electron chi connectivity index (χ4n) is 3.35. The summed E-state index contributed by atoms with van der Waals surface area (Å²) in [5, 5.41) is 9.14. The highest BCUT2D eigenvalue weighted by molar-refractivity contribution is 5.39. The van der Waals surface area contributed by atoms with Crippen LogP contribution in [0.1, 0.15) is 47.0 Å². The molecule has 0 saturated heterocycles. The number of hydrogen-bond acceptors (Lipinski definition) is 1. The summed E-state index contributed by atoms with van der Waals surface area (Å²) in [4.78, 5) is 0. The minimum atomic E-state index is 0.352. The van der Waals surface area contributed by atoms with E-state index in [1.54, 1.807) is 11.1 Å². The van der Waals surface area contributed by atoms with Crippen molar-refractivity contribution < 1.29 is 5.11 Å². The van der Waals surface area contributed by atoms with Crippen molar-refractivity contribution in [2.24, 2.45) is 16.7 Å². The molecular weight excluding hydrogens is 172 g/mol. The summed E-state index contributed by atoms with van der Waals surface area (Å²) in [6.07, 6.45) is 3.76. The third kappa shape index (κ3) is 1.42. The van der Waals surface area contributed by atoms with Gasteiger partial charge in [0.15, 0.2) is 0 Å². The van der Waals surface area contributed by atoms with Crippen molar-refractivity contribution in [1.82, 2.24) is 0 Å². The van der Waals surface area contributed by atoms with E-state index in [1.165, 1.54) is 12.8 Å². The van der Waals surface area contributed by atoms with Crippen LogP contribution in [0, 0.1) is 16.7 Å². The Hall–Kier alpha value is -0.300. The van der Waals surface area contributed by atoms with E-state index < -0.39 is 0 Å². The van der Waals surface area contributed by atoms with Crippen LogP contribution >= 0.6 is 0 Å². The molecule has 0 radical (unpaired) electrons. The molecule has 0 unspecified atom stereocenters. The summed E-state index contributed by atoms with van der Waals surface area (Å²) in [5.74, 6) is 0.502. The minimum absolute atomic E-state index is 0.352. The second kappa shape index (κ2) is 2.85. The maximum atomic E-state index is 9.14. The van der Waals surface area contributed by atoms with Crippen LogP contribution in [0.3, 0.4) is 0 Å². The van der Waals surface area contributed by atoms with Crippen molar-refractivity contribution in [1.29, 1.82) is 0 Å². The molecule has 2 saturated carbocycles. The first-order valence-corrected chi connectivity index (χ1v) is 5.73. The average Bonchev–Trinajstić information content (AvgIpc) is 2.76. The van der Waals surface area contributed by atoms with E-state index in [4.69, 9.17) is 5.11 Å². The van der Waals surface area contributed by atoms with E-state index in [2.05, 4.69) is 27.7 Å². The zero-order chi connectivity index (χ0) is 10.6. The number of hydrogen-bond donors (Lipinski definition) is 1. The van der Waals surface area contributed by atoms with Gasteiger partial charge in [-0.2, -0.15) is 0 Å². The van der Waals surface area contributed by atoms with Gasteiger partial charge in [0.25, 0.3) is 0 Å². The predicted octanol–water partition coefficient (Wildman–Crippen LogP) is 3.14. The molecular formula is C13H22O. The van der Waals surface area contributed by atoms with Crippen LogP contribution < -0.4 is 0 Å². The summed E-state index contributed by atoms with van der Waals surface area (Å²) in [6.45, 7) is 9.78. The van der Waals surface area contributed by atoms with E-state index >= 15 is 0 Å². The minimum Gasteiger partial charge on any atom is -0.396 e. The molecule has 1 nitrogen and oxygen atoms in total. The third-order valence-electron chi connectivity index (χ3n) is 4.07. The Morgan fingerprint density at radius 2 is 1.64 bits per heavy atom. The first-order valence-electron chi connectivity index (χ1n) is 5.73. The fourth-order valence-corrected chi connectivity index (χ4v) is 3.35. The van der Waals surface area contributed by atoms with Gasteiger partial charge in [0.05, 0.1) is 0 Å². The van der Waals surface area contributed by atoms with Crippen LogP contribution in [-0.2, 0) is 0 Å². The van der Waals surface area contributed by atoms with Crippen molar-refractivity contribution in [2.75, 3.05) is 6.61 Å². The molecule has 1 atom stereocenters. The van der Waals surface area contributed by atoms with Crippen molar-refractivity contribution in [3.05, 3.63) is 11.1 Å². The summed E-state index contributed by atoms with van der Waals surface area (Å²) < 4.78 is 0. The van der Waals surface area contributed by atoms with E-state index in [1.807, 2.05) is 0 Å². The molecule has 0 aliphatic heterocycles. The molecule has 80 valence electrons. The third-order valence-corrected chi connectivity index (χ3v) is 4.07. The molecule has 0 aromatic rings. The standard InChI is InChI=1S/C13H22O/c1-12(2)5-6-13(3,4)11(12)10-7-9(10)8-14/h9,14H,5-8H2,1-4H3/t9-/m1/s1. The zero-order valence-electron chi connectivity index (χ0n) is 9.85. The van der Waals surface area contributed by atoms with Crippen molar-refractivity contribution in [2.45, 2.75) is 47.0 Å². The number of rotatable bonds is 1. The monoisotopic (exact) mass is 194 g/mol. The van der Waals surface area contributed by atoms with Crippen LogP contribution in [0.15, 0.2) is 11.1 Å². The molecule has 2 aliphatic carbocycles. The van der Waals surface area contributed by atoms with Gasteiger partial charge in [-0.15, -0.1) is 0 Å². The SMILES string of the molecule is CC1(C)CCC(C)(C)C1=C1C[C@@H]1CO. The molecule has 2 aliphatic rings. The molecule has 14 heavy (non-hydrogen) atoms. The summed E-state index contributed by atoms with van der Waals surface area (Å²) >= 11 is 0. The molecule has 2 fully saturated rings. The molecule has 1 N–H and O–H groups in total. The normalized spacial score (nSPS) is 33.6. The predicted molar refractivity (Wildman–Crippen MR) is 59.0 cm³/mol. The maximum absolute atomic E-state index is 9.14. The first kappa shape index (κ1) is 10.2. The molecule has 0 aromatic carbocycles. The number of aliphatic hydroxyl groups is 1. The lowest BCUT2D eigenvalue weighted by Gasteiger charge is -2.28. The van der Waals surface area contributed by atoms with Crippen molar-refractivity contribution >= 4 is 0 Å². The van der Waals surface area contributed by atoms with Gasteiger partial charge in [0.2, 0.25) is 0 Å². The highest BCUT2D eigenvalue weighted by Gasteiger charge is 2.47. The lowest BCUT2D eigenvalue weighted by atomic mass is 9.77. The van der Waals surface area contributed by atoms with Crippen LogP contribution in [0.2, 0.25) is 0 Å². The van der Waals surface area contributed by atoms with Gasteiger partial charge in [-0.25, -0.2) is 0 Å². The molecule has 1 heteroatoms. The highest BCUT2D eigenvalue weighted by Crippen LogP contribution is 2.59. The zero-order valence-corrected chi connectivity index (χ0v) is 9.85. The number of aliphatic hydroxyl groups excluding tert-OH is 1. The lowest BCUT2D eigenvalue weighted by molar-refractivity contribution is 0.280. The topological polar surface area (TPSA) is 20.2 Å². The smallest absolute Gasteiger partial charge is 0.0499 e. The van der Waals surface area contributed by atoms with Gasteiger partial charge >= 0.3 is 0 Å². The second-order valence-electron chi connectivity index (χ2n) is 6.25. The maximum Gasteiger partial charge on any atom is 0.0499 e. The van der Waals surface area contributed by atoms with Crippen molar-refractivity contribution in [3.8, 4) is 0 Å². The van der Waals surface area contributed by atoms with Crippen LogP contribution in [0.25, 0.3) is 0 Å². The largest absolute Gasteiger partial charge is 0.396 e. The average molecular weight is 194 g/mol. The Balaban J connectivity index is 2.36. The van der Waals surface area contributed by atoms with Crippen molar-refractivity contribution in [3.63, 3.8) is 0 Å². The molecule has 0 bridgehead atoms. The lowest BCUT2D eigenvalue weighted by Crippen LogP contribution is -2.16. The summed E-state index contributed by atoms with van der Waals surface area (Å²) in [6, 6.07) is 0. The van der Waals surface area contributed by atoms with E-state index in [0.29, 0.717) is 23.4 Å². The van der Waals surface area contributed by atoms with Crippen LogP contribution in [0.5, 0.6) is 0 Å². The van der Waals surface area contributed by atoms with Gasteiger partial charge in [-0.05, 0) is 30.1 Å². The molecule has 0 amide bonds. The Morgan fingerprint density at radius 1 is 1.14 bits per heavy atom. The van der Waals surface area contributed by atoms with E-state index in [9.17, 15) is 0 Å². The Kier molecular flexibility index (Phi) is 2.08. The van der Waals surface area contributed by atoms with Crippen LogP contribution in [0.4, 0.5) is 0 Å². The Labute approximate surface area is 87.2 Å². The van der Waals surface area contributed by atoms with Gasteiger partial charge in [-0.1, -0.05) is 38.8 Å². The van der Waals surface area contributed by atoms with Gasteiger partial charge < -0.3 is 5.11 Å². The van der Waals surface area contributed by atoms with E-state index in [0.717, 1.165) is 6.42 Å². The summed E-state index contributed by atoms with van der Waals surface area (Å²) in [5.41, 5.74) is 3.98. The molecule has 2 rings (SSSR count). The first-order chi connectivity index (χ1) is 6.38. The quantitative estimate of drug-likeness (QED) is 0.636.